The van der Waals surface area contributed by atoms with Gasteiger partial charge in [0.05, 0.1) is 12.8 Å². The normalized spacial score (nSPS) is 9.90. The highest BCUT2D eigenvalue weighted by molar-refractivity contribution is 5.89. The van der Waals surface area contributed by atoms with Gasteiger partial charge in [0.2, 0.25) is 11.8 Å². The van der Waals surface area contributed by atoms with Gasteiger partial charge in [-0.2, -0.15) is 0 Å². The summed E-state index contributed by atoms with van der Waals surface area (Å²) in [6, 6.07) is 11.4. The topological polar surface area (TPSA) is 63.2 Å². The fraction of sp³-hybridized carbons (Fsp3) is 0.200. The first kappa shape index (κ1) is 13.9. The molecule has 0 spiro atoms. The Morgan fingerprint density at radius 2 is 1.95 bits per heavy atom. The molecule has 0 saturated heterocycles. The number of carbonyl (C=O) groups excluding carboxylic acids is 1. The fourth-order valence-corrected chi connectivity index (χ4v) is 1.86. The number of pyridine rings is 1. The molecule has 5 nitrogen and oxygen atoms in total. The van der Waals surface area contributed by atoms with Crippen LogP contribution in [0.25, 0.3) is 0 Å². The molecule has 1 aromatic heterocycles. The molecule has 5 heteroatoms. The predicted molar refractivity (Wildman–Crippen MR) is 78.9 cm³/mol. The second-order valence-corrected chi connectivity index (χ2v) is 4.25. The highest BCUT2D eigenvalue weighted by Crippen LogP contribution is 2.22. The zero-order valence-electron chi connectivity index (χ0n) is 11.5. The molecule has 0 fully saturated rings. The number of nitrogens with one attached hydrogen (secondary N) is 2. The zero-order chi connectivity index (χ0) is 14.4. The SMILES string of the molecule is COc1ncccc1NCc1ccccc1NC(C)=O. The number of ether oxygens (including phenoxy) is 1. The molecule has 0 aliphatic carbocycles. The summed E-state index contributed by atoms with van der Waals surface area (Å²) >= 11 is 0. The lowest BCUT2D eigenvalue weighted by Crippen LogP contribution is -2.10. The molecule has 1 amide bonds. The Bertz CT molecular complexity index is 599. The molecule has 0 radical (unpaired) electrons. The number of anilines is 2. The Morgan fingerprint density at radius 1 is 1.20 bits per heavy atom. The third-order valence-electron chi connectivity index (χ3n) is 2.76. The molecule has 0 atom stereocenters. The molecule has 0 aliphatic rings. The largest absolute Gasteiger partial charge is 0.480 e. The Morgan fingerprint density at radius 3 is 2.70 bits per heavy atom. The van der Waals surface area contributed by atoms with Crippen molar-refractivity contribution in [1.29, 1.82) is 0 Å². The van der Waals surface area contributed by atoms with Crippen molar-refractivity contribution in [3.8, 4) is 5.88 Å². The number of aromatic nitrogens is 1. The molecule has 0 bridgehead atoms. The van der Waals surface area contributed by atoms with E-state index in [9.17, 15) is 4.79 Å². The van der Waals surface area contributed by atoms with Gasteiger partial charge in [-0.05, 0) is 23.8 Å². The summed E-state index contributed by atoms with van der Waals surface area (Å²) in [7, 11) is 1.58. The van der Waals surface area contributed by atoms with Crippen LogP contribution in [0.1, 0.15) is 12.5 Å². The number of rotatable bonds is 5. The van der Waals surface area contributed by atoms with E-state index in [0.29, 0.717) is 12.4 Å². The maximum absolute atomic E-state index is 11.2. The number of nitrogens with zero attached hydrogens (tertiary/aromatic N) is 1. The highest BCUT2D eigenvalue weighted by atomic mass is 16.5. The van der Waals surface area contributed by atoms with E-state index in [2.05, 4.69) is 15.6 Å². The molecule has 2 rings (SSSR count). The van der Waals surface area contributed by atoms with Crippen molar-refractivity contribution in [2.75, 3.05) is 17.7 Å². The summed E-state index contributed by atoms with van der Waals surface area (Å²) in [5.74, 6) is 0.459. The van der Waals surface area contributed by atoms with Crippen LogP contribution in [-0.4, -0.2) is 18.0 Å². The van der Waals surface area contributed by atoms with Crippen molar-refractivity contribution >= 4 is 17.3 Å². The van der Waals surface area contributed by atoms with Gasteiger partial charge in [-0.3, -0.25) is 4.79 Å². The predicted octanol–water partition coefficient (Wildman–Crippen LogP) is 2.66. The number of methoxy groups -OCH3 is 1. The smallest absolute Gasteiger partial charge is 0.237 e. The van der Waals surface area contributed by atoms with E-state index in [4.69, 9.17) is 4.74 Å². The molecule has 2 aromatic rings. The minimum absolute atomic E-state index is 0.0867. The molecule has 0 aliphatic heterocycles. The molecular weight excluding hydrogens is 254 g/mol. The monoisotopic (exact) mass is 271 g/mol. The fourth-order valence-electron chi connectivity index (χ4n) is 1.86. The van der Waals surface area contributed by atoms with Crippen LogP contribution in [0.4, 0.5) is 11.4 Å². The van der Waals surface area contributed by atoms with Crippen LogP contribution in [0.15, 0.2) is 42.6 Å². The lowest BCUT2D eigenvalue weighted by Gasteiger charge is -2.13. The van der Waals surface area contributed by atoms with Crippen molar-refractivity contribution in [1.82, 2.24) is 4.98 Å². The van der Waals surface area contributed by atoms with Crippen LogP contribution < -0.4 is 15.4 Å². The molecule has 2 N–H and O–H groups in total. The van der Waals surface area contributed by atoms with Crippen molar-refractivity contribution in [3.05, 3.63) is 48.2 Å². The zero-order valence-corrected chi connectivity index (χ0v) is 11.5. The summed E-state index contributed by atoms with van der Waals surface area (Å²) in [5, 5.41) is 6.07. The van der Waals surface area contributed by atoms with Gasteiger partial charge in [0.25, 0.3) is 0 Å². The van der Waals surface area contributed by atoms with E-state index >= 15 is 0 Å². The Hall–Kier alpha value is -2.56. The quantitative estimate of drug-likeness (QED) is 0.877. The van der Waals surface area contributed by atoms with Crippen LogP contribution in [0.3, 0.4) is 0 Å². The van der Waals surface area contributed by atoms with Gasteiger partial charge in [0, 0.05) is 25.4 Å². The summed E-state index contributed by atoms with van der Waals surface area (Å²) in [6.07, 6.45) is 1.68. The molecule has 1 heterocycles. The van der Waals surface area contributed by atoms with E-state index in [-0.39, 0.29) is 5.91 Å². The van der Waals surface area contributed by atoms with Gasteiger partial charge in [-0.15, -0.1) is 0 Å². The van der Waals surface area contributed by atoms with Crippen molar-refractivity contribution in [2.24, 2.45) is 0 Å². The number of amides is 1. The lowest BCUT2D eigenvalue weighted by molar-refractivity contribution is -0.114. The number of para-hydroxylation sites is 1. The third-order valence-corrected chi connectivity index (χ3v) is 2.76. The molecule has 104 valence electrons. The maximum atomic E-state index is 11.2. The Labute approximate surface area is 118 Å². The van der Waals surface area contributed by atoms with Gasteiger partial charge < -0.3 is 15.4 Å². The first-order chi connectivity index (χ1) is 9.70. The van der Waals surface area contributed by atoms with Crippen molar-refractivity contribution in [2.45, 2.75) is 13.5 Å². The average molecular weight is 271 g/mol. The number of hydrogen-bond donors (Lipinski definition) is 2. The van der Waals surface area contributed by atoms with Gasteiger partial charge in [-0.1, -0.05) is 18.2 Å². The molecular formula is C15H17N3O2. The molecule has 0 saturated carbocycles. The van der Waals surface area contributed by atoms with Crippen molar-refractivity contribution in [3.63, 3.8) is 0 Å². The first-order valence-corrected chi connectivity index (χ1v) is 6.29. The summed E-state index contributed by atoms with van der Waals surface area (Å²) in [6.45, 7) is 2.06. The summed E-state index contributed by atoms with van der Waals surface area (Å²) in [4.78, 5) is 15.3. The number of carbonyl (C=O) groups is 1. The maximum Gasteiger partial charge on any atom is 0.237 e. The Balaban J connectivity index is 2.12. The number of benzene rings is 1. The third kappa shape index (κ3) is 3.47. The average Bonchev–Trinajstić information content (AvgIpc) is 2.46. The van der Waals surface area contributed by atoms with E-state index in [1.54, 1.807) is 13.3 Å². The van der Waals surface area contributed by atoms with Crippen LogP contribution in [0.2, 0.25) is 0 Å². The first-order valence-electron chi connectivity index (χ1n) is 6.29. The van der Waals surface area contributed by atoms with Crippen LogP contribution in [-0.2, 0) is 11.3 Å². The van der Waals surface area contributed by atoms with Crippen LogP contribution >= 0.6 is 0 Å². The highest BCUT2D eigenvalue weighted by Gasteiger charge is 2.06. The van der Waals surface area contributed by atoms with Gasteiger partial charge >= 0.3 is 0 Å². The standard InChI is InChI=1S/C15H17N3O2/c1-11(19)18-13-7-4-3-6-12(13)10-17-14-8-5-9-16-15(14)20-2/h3-9,17H,10H2,1-2H3,(H,18,19). The number of hydrogen-bond acceptors (Lipinski definition) is 4. The minimum atomic E-state index is -0.0867. The Kier molecular flexibility index (Phi) is 4.55. The van der Waals surface area contributed by atoms with Crippen LogP contribution in [0, 0.1) is 0 Å². The lowest BCUT2D eigenvalue weighted by atomic mass is 10.1. The molecule has 1 aromatic carbocycles. The second kappa shape index (κ2) is 6.56. The molecule has 20 heavy (non-hydrogen) atoms. The van der Waals surface area contributed by atoms with E-state index in [1.165, 1.54) is 6.92 Å². The summed E-state index contributed by atoms with van der Waals surface area (Å²) in [5.41, 5.74) is 2.61. The van der Waals surface area contributed by atoms with E-state index in [0.717, 1.165) is 16.9 Å². The van der Waals surface area contributed by atoms with E-state index in [1.807, 2.05) is 36.4 Å². The minimum Gasteiger partial charge on any atom is -0.480 e. The van der Waals surface area contributed by atoms with E-state index < -0.39 is 0 Å². The molecule has 0 unspecified atom stereocenters. The second-order valence-electron chi connectivity index (χ2n) is 4.25. The van der Waals surface area contributed by atoms with Gasteiger partial charge in [-0.25, -0.2) is 4.98 Å². The van der Waals surface area contributed by atoms with Gasteiger partial charge in [0.1, 0.15) is 0 Å². The van der Waals surface area contributed by atoms with Crippen molar-refractivity contribution < 1.29 is 9.53 Å². The van der Waals surface area contributed by atoms with Crippen LogP contribution in [0.5, 0.6) is 5.88 Å². The van der Waals surface area contributed by atoms with Gasteiger partial charge in [0.15, 0.2) is 0 Å². The summed E-state index contributed by atoms with van der Waals surface area (Å²) < 4.78 is 5.19.